The molecule has 4 rings (SSSR count). The molecule has 2 aromatic carbocycles. The summed E-state index contributed by atoms with van der Waals surface area (Å²) >= 11 is 0. The minimum atomic E-state index is -1.12. The molecule has 0 saturated carbocycles. The van der Waals surface area contributed by atoms with E-state index in [0.717, 1.165) is 25.3 Å². The molecule has 0 radical (unpaired) electrons. The summed E-state index contributed by atoms with van der Waals surface area (Å²) in [4.78, 5) is 16.0. The molecule has 2 N–H and O–H groups in total. The van der Waals surface area contributed by atoms with Crippen molar-refractivity contribution in [3.8, 4) is 22.8 Å². The van der Waals surface area contributed by atoms with Gasteiger partial charge in [0.1, 0.15) is 17.2 Å². The maximum absolute atomic E-state index is 11.6. The average Bonchev–Trinajstić information content (AvgIpc) is 3.41. The molecule has 1 saturated heterocycles. The van der Waals surface area contributed by atoms with E-state index >= 15 is 0 Å². The van der Waals surface area contributed by atoms with Gasteiger partial charge in [-0.1, -0.05) is 32.0 Å². The van der Waals surface area contributed by atoms with Crippen LogP contribution in [0.25, 0.3) is 11.3 Å². The molecule has 0 amide bonds. The lowest BCUT2D eigenvalue weighted by atomic mass is 10.1. The number of hydrogen-bond acceptors (Lipinski definition) is 5. The second-order valence-corrected chi connectivity index (χ2v) is 6.16. The fraction of sp³-hybridized carbons (Fsp3) is 0.273. The number of carboxylic acids is 1. The predicted octanol–water partition coefficient (Wildman–Crippen LogP) is 4.94. The Labute approximate surface area is 164 Å². The van der Waals surface area contributed by atoms with E-state index in [-0.39, 0.29) is 11.7 Å². The molecule has 0 aliphatic carbocycles. The average molecular weight is 380 g/mol. The maximum Gasteiger partial charge on any atom is 0.374 e. The lowest BCUT2D eigenvalue weighted by Crippen LogP contribution is -2.08. The van der Waals surface area contributed by atoms with Crippen LogP contribution in [0.3, 0.4) is 0 Å². The smallest absolute Gasteiger partial charge is 0.374 e. The van der Waals surface area contributed by atoms with Gasteiger partial charge in [-0.25, -0.2) is 9.78 Å². The number of carbonyl (C=O) groups is 1. The Hall–Kier alpha value is -3.12. The first-order valence-corrected chi connectivity index (χ1v) is 9.49. The first-order chi connectivity index (χ1) is 13.7. The molecule has 1 unspecified atom stereocenters. The van der Waals surface area contributed by atoms with Gasteiger partial charge in [0.25, 0.3) is 0 Å². The van der Waals surface area contributed by atoms with E-state index in [2.05, 4.69) is 10.3 Å². The molecule has 6 nitrogen and oxygen atoms in total. The summed E-state index contributed by atoms with van der Waals surface area (Å²) in [5.41, 5.74) is 1.04. The minimum absolute atomic E-state index is 0.113. The van der Waals surface area contributed by atoms with Gasteiger partial charge in [-0.2, -0.15) is 0 Å². The summed E-state index contributed by atoms with van der Waals surface area (Å²) in [6.07, 6.45) is 0.892. The summed E-state index contributed by atoms with van der Waals surface area (Å²) in [5.74, 6) is 0.761. The highest BCUT2D eigenvalue weighted by molar-refractivity contribution is 5.91. The molecule has 146 valence electrons. The molecular formula is C22H24N2O4. The van der Waals surface area contributed by atoms with E-state index in [1.807, 2.05) is 44.2 Å². The number of nitrogens with zero attached hydrogens (tertiary/aromatic N) is 1. The Morgan fingerprint density at radius 1 is 1.11 bits per heavy atom. The molecule has 3 aromatic rings. The highest BCUT2D eigenvalue weighted by Crippen LogP contribution is 2.31. The molecule has 1 aliphatic heterocycles. The Bertz CT molecular complexity index is 898. The number of benzene rings is 2. The second kappa shape index (κ2) is 9.19. The topological polar surface area (TPSA) is 84.6 Å². The van der Waals surface area contributed by atoms with Gasteiger partial charge in [0.15, 0.2) is 5.89 Å². The van der Waals surface area contributed by atoms with Gasteiger partial charge in [-0.3, -0.25) is 0 Å². The number of rotatable bonds is 5. The van der Waals surface area contributed by atoms with Crippen molar-refractivity contribution in [3.05, 3.63) is 66.2 Å². The predicted molar refractivity (Wildman–Crippen MR) is 107 cm³/mol. The van der Waals surface area contributed by atoms with Gasteiger partial charge in [-0.15, -0.1) is 0 Å². The molecular weight excluding hydrogens is 356 g/mol. The van der Waals surface area contributed by atoms with E-state index in [1.54, 1.807) is 24.3 Å². The van der Waals surface area contributed by atoms with Crippen LogP contribution in [0.15, 0.2) is 59.0 Å². The Kier molecular flexibility index (Phi) is 6.45. The van der Waals surface area contributed by atoms with E-state index in [9.17, 15) is 9.90 Å². The van der Waals surface area contributed by atoms with Crippen molar-refractivity contribution in [3.63, 3.8) is 0 Å². The summed E-state index contributed by atoms with van der Waals surface area (Å²) in [6, 6.07) is 16.6. The van der Waals surface area contributed by atoms with Crippen molar-refractivity contribution in [1.82, 2.24) is 10.3 Å². The van der Waals surface area contributed by atoms with Crippen LogP contribution in [0.1, 0.15) is 42.6 Å². The normalized spacial score (nSPS) is 15.6. The SMILES string of the molecule is CC.O=C(O)c1oc(C2CCNC2)nc1-c1ccc(Oc2ccccc2)cc1. The van der Waals surface area contributed by atoms with Gasteiger partial charge < -0.3 is 19.6 Å². The van der Waals surface area contributed by atoms with Crippen molar-refractivity contribution in [1.29, 1.82) is 0 Å². The molecule has 0 spiro atoms. The zero-order valence-corrected chi connectivity index (χ0v) is 16.0. The van der Waals surface area contributed by atoms with Crippen LogP contribution in [0, 0.1) is 0 Å². The second-order valence-electron chi connectivity index (χ2n) is 6.16. The molecule has 1 fully saturated rings. The van der Waals surface area contributed by atoms with Gasteiger partial charge in [0, 0.05) is 18.0 Å². The lowest BCUT2D eigenvalue weighted by Gasteiger charge is -2.06. The van der Waals surface area contributed by atoms with Gasteiger partial charge >= 0.3 is 5.97 Å². The Morgan fingerprint density at radius 2 is 1.79 bits per heavy atom. The first-order valence-electron chi connectivity index (χ1n) is 9.49. The maximum atomic E-state index is 11.6. The lowest BCUT2D eigenvalue weighted by molar-refractivity contribution is 0.0661. The first kappa shape index (κ1) is 19.6. The van der Waals surface area contributed by atoms with E-state index in [1.165, 1.54) is 0 Å². The number of nitrogens with one attached hydrogen (secondary N) is 1. The molecule has 28 heavy (non-hydrogen) atoms. The third-order valence-electron chi connectivity index (χ3n) is 4.35. The van der Waals surface area contributed by atoms with Crippen molar-refractivity contribution in [2.45, 2.75) is 26.2 Å². The quantitative estimate of drug-likeness (QED) is 0.652. The Balaban J connectivity index is 0.00000109. The van der Waals surface area contributed by atoms with Gasteiger partial charge in [0.05, 0.1) is 0 Å². The molecule has 2 heterocycles. The number of ether oxygens (including phenoxy) is 1. The van der Waals surface area contributed by atoms with E-state index in [4.69, 9.17) is 9.15 Å². The summed E-state index contributed by atoms with van der Waals surface area (Å²) in [6.45, 7) is 5.64. The number of para-hydroxylation sites is 1. The zero-order chi connectivity index (χ0) is 19.9. The summed E-state index contributed by atoms with van der Waals surface area (Å²) in [5, 5.41) is 12.7. The minimum Gasteiger partial charge on any atom is -0.475 e. The van der Waals surface area contributed by atoms with Crippen molar-refractivity contribution in [2.75, 3.05) is 13.1 Å². The third-order valence-corrected chi connectivity index (χ3v) is 4.35. The third kappa shape index (κ3) is 4.40. The fourth-order valence-corrected chi connectivity index (χ4v) is 3.02. The monoisotopic (exact) mass is 380 g/mol. The molecule has 6 heteroatoms. The zero-order valence-electron chi connectivity index (χ0n) is 16.0. The molecule has 1 aliphatic rings. The summed E-state index contributed by atoms with van der Waals surface area (Å²) < 4.78 is 11.3. The van der Waals surface area contributed by atoms with Crippen LogP contribution in [-0.4, -0.2) is 29.1 Å². The van der Waals surface area contributed by atoms with Crippen molar-refractivity contribution < 1.29 is 19.1 Å². The van der Waals surface area contributed by atoms with Crippen LogP contribution in [0.5, 0.6) is 11.5 Å². The highest BCUT2D eigenvalue weighted by atomic mass is 16.5. The summed E-state index contributed by atoms with van der Waals surface area (Å²) in [7, 11) is 0. The van der Waals surface area contributed by atoms with Crippen LogP contribution in [0.4, 0.5) is 0 Å². The number of hydrogen-bond donors (Lipinski definition) is 2. The fourth-order valence-electron chi connectivity index (χ4n) is 3.02. The largest absolute Gasteiger partial charge is 0.475 e. The van der Waals surface area contributed by atoms with Crippen LogP contribution < -0.4 is 10.1 Å². The number of aromatic carboxylic acids is 1. The number of aromatic nitrogens is 1. The van der Waals surface area contributed by atoms with Gasteiger partial charge in [0.2, 0.25) is 5.76 Å². The van der Waals surface area contributed by atoms with Crippen LogP contribution in [-0.2, 0) is 0 Å². The van der Waals surface area contributed by atoms with E-state index < -0.39 is 5.97 Å². The van der Waals surface area contributed by atoms with Crippen molar-refractivity contribution >= 4 is 5.97 Å². The van der Waals surface area contributed by atoms with Gasteiger partial charge in [-0.05, 0) is 49.4 Å². The van der Waals surface area contributed by atoms with E-state index in [0.29, 0.717) is 22.9 Å². The molecule has 0 bridgehead atoms. The Morgan fingerprint density at radius 3 is 2.39 bits per heavy atom. The molecule has 1 aromatic heterocycles. The van der Waals surface area contributed by atoms with Crippen LogP contribution in [0.2, 0.25) is 0 Å². The number of oxazole rings is 1. The highest BCUT2D eigenvalue weighted by Gasteiger charge is 2.27. The number of carboxylic acid groups (broad SMARTS) is 1. The van der Waals surface area contributed by atoms with Crippen LogP contribution >= 0.6 is 0 Å². The molecule has 1 atom stereocenters. The standard InChI is InChI=1S/C20H18N2O4.C2H6/c23-20(24)18-17(22-19(26-18)14-10-11-21-12-14)13-6-8-16(9-7-13)25-15-4-2-1-3-5-15;1-2/h1-9,14,21H,10-12H2,(H,23,24);1-2H3. The van der Waals surface area contributed by atoms with Crippen molar-refractivity contribution in [2.24, 2.45) is 0 Å².